The van der Waals surface area contributed by atoms with Gasteiger partial charge in [0.15, 0.2) is 0 Å². The van der Waals surface area contributed by atoms with E-state index in [9.17, 15) is 12.8 Å². The Labute approximate surface area is 140 Å². The smallest absolute Gasteiger partial charge is 0.240 e. The third-order valence-corrected chi connectivity index (χ3v) is 5.22. The SMILES string of the molecule is Cc1cc(S(=O)(=O)NCCCc2nc3ccccc3[nH]2)ccc1F. The maximum atomic E-state index is 13.2. The molecule has 0 aliphatic rings. The quantitative estimate of drug-likeness (QED) is 0.673. The Morgan fingerprint density at radius 2 is 2.00 bits per heavy atom. The van der Waals surface area contributed by atoms with Gasteiger partial charge in [-0.05, 0) is 49.2 Å². The van der Waals surface area contributed by atoms with Crippen molar-refractivity contribution < 1.29 is 12.8 Å². The number of H-pyrrole nitrogens is 1. The Morgan fingerprint density at radius 3 is 2.75 bits per heavy atom. The van der Waals surface area contributed by atoms with Crippen LogP contribution in [0.15, 0.2) is 47.4 Å². The van der Waals surface area contributed by atoms with Crippen molar-refractivity contribution in [3.8, 4) is 0 Å². The topological polar surface area (TPSA) is 74.8 Å². The molecule has 1 aromatic heterocycles. The summed E-state index contributed by atoms with van der Waals surface area (Å²) in [6.07, 6.45) is 1.25. The number of halogens is 1. The van der Waals surface area contributed by atoms with Gasteiger partial charge in [-0.25, -0.2) is 22.5 Å². The maximum absolute atomic E-state index is 13.2. The lowest BCUT2D eigenvalue weighted by atomic mass is 10.2. The fraction of sp³-hybridized carbons (Fsp3) is 0.235. The zero-order valence-electron chi connectivity index (χ0n) is 13.2. The van der Waals surface area contributed by atoms with Crippen LogP contribution in [0.1, 0.15) is 17.8 Å². The largest absolute Gasteiger partial charge is 0.342 e. The van der Waals surface area contributed by atoms with Gasteiger partial charge >= 0.3 is 0 Å². The van der Waals surface area contributed by atoms with Crippen LogP contribution in [0.5, 0.6) is 0 Å². The number of fused-ring (bicyclic) bond motifs is 1. The highest BCUT2D eigenvalue weighted by Crippen LogP contribution is 2.14. The number of hydrogen-bond acceptors (Lipinski definition) is 3. The molecule has 2 aromatic carbocycles. The van der Waals surface area contributed by atoms with E-state index < -0.39 is 15.8 Å². The van der Waals surface area contributed by atoms with Gasteiger partial charge in [0.05, 0.1) is 15.9 Å². The minimum atomic E-state index is -3.63. The molecule has 0 saturated heterocycles. The summed E-state index contributed by atoms with van der Waals surface area (Å²) in [5, 5.41) is 0. The van der Waals surface area contributed by atoms with E-state index >= 15 is 0 Å². The van der Waals surface area contributed by atoms with Crippen LogP contribution in [0.4, 0.5) is 4.39 Å². The van der Waals surface area contributed by atoms with Gasteiger partial charge in [-0.15, -0.1) is 0 Å². The molecule has 1 heterocycles. The average Bonchev–Trinajstić information content (AvgIpc) is 2.97. The molecular weight excluding hydrogens is 329 g/mol. The molecule has 2 N–H and O–H groups in total. The number of nitrogens with zero attached hydrogens (tertiary/aromatic N) is 1. The van der Waals surface area contributed by atoms with Crippen LogP contribution in [0.2, 0.25) is 0 Å². The van der Waals surface area contributed by atoms with Gasteiger partial charge in [0.25, 0.3) is 0 Å². The number of para-hydroxylation sites is 2. The molecule has 126 valence electrons. The fourth-order valence-corrected chi connectivity index (χ4v) is 3.61. The summed E-state index contributed by atoms with van der Waals surface area (Å²) in [5.74, 6) is 0.409. The van der Waals surface area contributed by atoms with Crippen molar-refractivity contribution in [2.75, 3.05) is 6.54 Å². The summed E-state index contributed by atoms with van der Waals surface area (Å²) in [5.41, 5.74) is 2.17. The van der Waals surface area contributed by atoms with E-state index in [4.69, 9.17) is 0 Å². The molecule has 5 nitrogen and oxygen atoms in total. The molecular formula is C17H18FN3O2S. The molecule has 3 rings (SSSR count). The third-order valence-electron chi connectivity index (χ3n) is 3.76. The van der Waals surface area contributed by atoms with Crippen LogP contribution in [-0.2, 0) is 16.4 Å². The second-order valence-electron chi connectivity index (χ2n) is 5.61. The van der Waals surface area contributed by atoms with E-state index in [0.29, 0.717) is 18.4 Å². The number of benzene rings is 2. The predicted molar refractivity (Wildman–Crippen MR) is 90.7 cm³/mol. The van der Waals surface area contributed by atoms with Crippen molar-refractivity contribution in [3.05, 3.63) is 59.7 Å². The van der Waals surface area contributed by atoms with Crippen LogP contribution < -0.4 is 4.72 Å². The van der Waals surface area contributed by atoms with E-state index in [1.165, 1.54) is 19.1 Å². The predicted octanol–water partition coefficient (Wildman–Crippen LogP) is 2.92. The van der Waals surface area contributed by atoms with Gasteiger partial charge in [-0.2, -0.15) is 0 Å². The number of aromatic nitrogens is 2. The second kappa shape index (κ2) is 6.70. The first-order chi connectivity index (χ1) is 11.5. The van der Waals surface area contributed by atoms with Crippen LogP contribution in [0, 0.1) is 12.7 Å². The number of aryl methyl sites for hydroxylation is 2. The maximum Gasteiger partial charge on any atom is 0.240 e. The number of hydrogen-bond donors (Lipinski definition) is 2. The molecule has 7 heteroatoms. The first-order valence-electron chi connectivity index (χ1n) is 7.65. The summed E-state index contributed by atoms with van der Waals surface area (Å²) in [6.45, 7) is 1.83. The Hall–Kier alpha value is -2.25. The molecule has 0 amide bonds. The van der Waals surface area contributed by atoms with E-state index in [1.54, 1.807) is 0 Å². The van der Waals surface area contributed by atoms with Crippen molar-refractivity contribution in [2.24, 2.45) is 0 Å². The van der Waals surface area contributed by atoms with E-state index in [2.05, 4.69) is 14.7 Å². The fourth-order valence-electron chi connectivity index (χ4n) is 2.45. The van der Waals surface area contributed by atoms with Crippen LogP contribution in [-0.4, -0.2) is 24.9 Å². The molecule has 0 aliphatic heterocycles. The van der Waals surface area contributed by atoms with Crippen LogP contribution in [0.3, 0.4) is 0 Å². The van der Waals surface area contributed by atoms with Crippen LogP contribution in [0.25, 0.3) is 11.0 Å². The summed E-state index contributed by atoms with van der Waals surface area (Å²) in [6, 6.07) is 11.5. The average molecular weight is 347 g/mol. The zero-order valence-corrected chi connectivity index (χ0v) is 14.0. The van der Waals surface area contributed by atoms with Crippen molar-refractivity contribution in [3.63, 3.8) is 0 Å². The molecule has 0 aliphatic carbocycles. The van der Waals surface area contributed by atoms with E-state index in [-0.39, 0.29) is 11.4 Å². The number of rotatable bonds is 6. The van der Waals surface area contributed by atoms with Crippen molar-refractivity contribution >= 4 is 21.1 Å². The monoisotopic (exact) mass is 347 g/mol. The minimum Gasteiger partial charge on any atom is -0.342 e. The number of aromatic amines is 1. The molecule has 0 bridgehead atoms. The zero-order chi connectivity index (χ0) is 17.2. The lowest BCUT2D eigenvalue weighted by Gasteiger charge is -2.07. The Balaban J connectivity index is 1.58. The Morgan fingerprint density at radius 1 is 1.21 bits per heavy atom. The molecule has 0 radical (unpaired) electrons. The van der Waals surface area contributed by atoms with Gasteiger partial charge in [0.1, 0.15) is 11.6 Å². The second-order valence-corrected chi connectivity index (χ2v) is 7.38. The minimum absolute atomic E-state index is 0.0742. The molecule has 3 aromatic rings. The lowest BCUT2D eigenvalue weighted by molar-refractivity contribution is 0.577. The van der Waals surface area contributed by atoms with Gasteiger partial charge < -0.3 is 4.98 Å². The van der Waals surface area contributed by atoms with Gasteiger partial charge in [0, 0.05) is 13.0 Å². The van der Waals surface area contributed by atoms with Gasteiger partial charge in [0.2, 0.25) is 10.0 Å². The van der Waals surface area contributed by atoms with Crippen LogP contribution >= 0.6 is 0 Å². The van der Waals surface area contributed by atoms with Crippen molar-refractivity contribution in [1.82, 2.24) is 14.7 Å². The molecule has 24 heavy (non-hydrogen) atoms. The van der Waals surface area contributed by atoms with Crippen molar-refractivity contribution in [1.29, 1.82) is 0 Å². The van der Waals surface area contributed by atoms with Gasteiger partial charge in [-0.3, -0.25) is 0 Å². The number of nitrogens with one attached hydrogen (secondary N) is 2. The molecule has 0 fully saturated rings. The summed E-state index contributed by atoms with van der Waals surface area (Å²) >= 11 is 0. The first kappa shape index (κ1) is 16.6. The number of imidazole rings is 1. The molecule has 0 saturated carbocycles. The summed E-state index contributed by atoms with van der Waals surface area (Å²) in [4.78, 5) is 7.73. The summed E-state index contributed by atoms with van der Waals surface area (Å²) < 4.78 is 40.2. The van der Waals surface area contributed by atoms with Gasteiger partial charge in [-0.1, -0.05) is 12.1 Å². The molecule has 0 atom stereocenters. The summed E-state index contributed by atoms with van der Waals surface area (Å²) in [7, 11) is -3.63. The Kier molecular flexibility index (Phi) is 4.64. The highest BCUT2D eigenvalue weighted by atomic mass is 32.2. The van der Waals surface area contributed by atoms with E-state index in [0.717, 1.165) is 22.9 Å². The Bertz CT molecular complexity index is 934. The normalized spacial score (nSPS) is 11.9. The highest BCUT2D eigenvalue weighted by molar-refractivity contribution is 7.89. The molecule has 0 spiro atoms. The lowest BCUT2D eigenvalue weighted by Crippen LogP contribution is -2.25. The first-order valence-corrected chi connectivity index (χ1v) is 9.13. The highest BCUT2D eigenvalue weighted by Gasteiger charge is 2.14. The third kappa shape index (κ3) is 3.63. The van der Waals surface area contributed by atoms with E-state index in [1.807, 2.05) is 24.3 Å². The number of sulfonamides is 1. The van der Waals surface area contributed by atoms with Crippen molar-refractivity contribution in [2.45, 2.75) is 24.7 Å². The molecule has 0 unspecified atom stereocenters. The standard InChI is InChI=1S/C17H18FN3O2S/c1-12-11-13(8-9-14(12)18)24(22,23)19-10-4-7-17-20-15-5-2-3-6-16(15)21-17/h2-3,5-6,8-9,11,19H,4,7,10H2,1H3,(H,20,21).